The molecular weight excluding hydrogens is 380 g/mol. The first-order chi connectivity index (χ1) is 14.4. The molecule has 4 rings (SSSR count). The van der Waals surface area contributed by atoms with Crippen molar-refractivity contribution >= 4 is 34.8 Å². The van der Waals surface area contributed by atoms with Gasteiger partial charge in [-0.3, -0.25) is 19.2 Å². The Bertz CT molecular complexity index is 1200. The van der Waals surface area contributed by atoms with E-state index in [1.807, 2.05) is 0 Å². The number of carbonyl (C=O) groups excluding carboxylic acids is 4. The first-order valence-corrected chi connectivity index (χ1v) is 9.42. The third kappa shape index (κ3) is 3.63. The molecule has 0 radical (unpaired) electrons. The predicted molar refractivity (Wildman–Crippen MR) is 113 cm³/mol. The van der Waals surface area contributed by atoms with Gasteiger partial charge in [-0.05, 0) is 23.8 Å². The second-order valence-electron chi connectivity index (χ2n) is 7.04. The van der Waals surface area contributed by atoms with Gasteiger partial charge in [0.05, 0.1) is 17.7 Å². The maximum atomic E-state index is 13.0. The molecule has 0 fully saturated rings. The van der Waals surface area contributed by atoms with Crippen molar-refractivity contribution in [3.05, 3.63) is 94.5 Å². The monoisotopic (exact) mass is 398 g/mol. The fraction of sp³-hybridized carbons (Fsp3) is 0.0833. The van der Waals surface area contributed by atoms with Crippen molar-refractivity contribution in [1.82, 2.24) is 0 Å². The lowest BCUT2D eigenvalue weighted by Gasteiger charge is -2.20. The fourth-order valence-electron chi connectivity index (χ4n) is 3.54. The Kier molecular flexibility index (Phi) is 4.98. The summed E-state index contributed by atoms with van der Waals surface area (Å²) in [6.07, 6.45) is 0.0861. The van der Waals surface area contributed by atoms with Crippen LogP contribution in [-0.4, -0.2) is 23.4 Å². The zero-order valence-electron chi connectivity index (χ0n) is 16.2. The minimum absolute atomic E-state index is 0.0861. The maximum Gasteiger partial charge on any atom is 0.228 e. The quantitative estimate of drug-likeness (QED) is 0.549. The van der Waals surface area contributed by atoms with Gasteiger partial charge in [-0.15, -0.1) is 0 Å². The molecule has 1 aliphatic carbocycles. The van der Waals surface area contributed by atoms with Gasteiger partial charge in [0.2, 0.25) is 11.8 Å². The normalized spacial score (nSPS) is 12.0. The summed E-state index contributed by atoms with van der Waals surface area (Å²) in [5.74, 6) is -0.995. The lowest BCUT2D eigenvalue weighted by molar-refractivity contribution is -0.116. The molecule has 0 saturated carbocycles. The van der Waals surface area contributed by atoms with Crippen LogP contribution >= 0.6 is 0 Å². The Morgan fingerprint density at radius 1 is 0.733 bits per heavy atom. The van der Waals surface area contributed by atoms with Gasteiger partial charge in [-0.25, -0.2) is 0 Å². The molecular formula is C24H18N2O4. The Morgan fingerprint density at radius 3 is 2.03 bits per heavy atom. The molecule has 6 heteroatoms. The molecule has 0 saturated heterocycles. The number of ketones is 2. The average molecular weight is 398 g/mol. The van der Waals surface area contributed by atoms with Gasteiger partial charge in [0.25, 0.3) is 0 Å². The van der Waals surface area contributed by atoms with Crippen molar-refractivity contribution in [3.63, 3.8) is 0 Å². The van der Waals surface area contributed by atoms with E-state index in [1.165, 1.54) is 6.92 Å². The highest BCUT2D eigenvalue weighted by atomic mass is 16.2. The van der Waals surface area contributed by atoms with Gasteiger partial charge < -0.3 is 10.6 Å². The van der Waals surface area contributed by atoms with Crippen LogP contribution in [0, 0.1) is 0 Å². The number of fused-ring (bicyclic) bond motifs is 2. The van der Waals surface area contributed by atoms with E-state index in [0.29, 0.717) is 22.5 Å². The highest BCUT2D eigenvalue weighted by Gasteiger charge is 2.31. The van der Waals surface area contributed by atoms with Gasteiger partial charge in [0.15, 0.2) is 11.6 Å². The van der Waals surface area contributed by atoms with Gasteiger partial charge in [0.1, 0.15) is 0 Å². The van der Waals surface area contributed by atoms with Crippen LogP contribution in [0.15, 0.2) is 66.7 Å². The van der Waals surface area contributed by atoms with E-state index in [9.17, 15) is 19.2 Å². The van der Waals surface area contributed by atoms with Crippen LogP contribution in [0.3, 0.4) is 0 Å². The number of nitrogens with one attached hydrogen (secondary N) is 2. The molecule has 0 aliphatic heterocycles. The molecule has 3 aromatic rings. The van der Waals surface area contributed by atoms with Crippen molar-refractivity contribution in [3.8, 4) is 0 Å². The summed E-state index contributed by atoms with van der Waals surface area (Å²) >= 11 is 0. The van der Waals surface area contributed by atoms with Crippen molar-refractivity contribution in [2.45, 2.75) is 13.3 Å². The van der Waals surface area contributed by atoms with E-state index in [0.717, 1.165) is 5.56 Å². The van der Waals surface area contributed by atoms with E-state index in [2.05, 4.69) is 10.6 Å². The van der Waals surface area contributed by atoms with E-state index in [4.69, 9.17) is 0 Å². The van der Waals surface area contributed by atoms with Crippen molar-refractivity contribution in [2.75, 3.05) is 10.6 Å². The smallest absolute Gasteiger partial charge is 0.228 e. The van der Waals surface area contributed by atoms with Crippen LogP contribution in [0.4, 0.5) is 11.4 Å². The number of amides is 2. The molecule has 0 aromatic heterocycles. The molecule has 0 unspecified atom stereocenters. The third-order valence-electron chi connectivity index (χ3n) is 4.87. The lowest BCUT2D eigenvalue weighted by atomic mass is 9.83. The summed E-state index contributed by atoms with van der Waals surface area (Å²) in [6, 6.07) is 18.5. The summed E-state index contributed by atoms with van der Waals surface area (Å²) in [5, 5.41) is 5.43. The van der Waals surface area contributed by atoms with Crippen LogP contribution in [-0.2, 0) is 16.0 Å². The molecule has 0 atom stereocenters. The molecule has 1 aliphatic rings. The molecule has 2 amide bonds. The zero-order valence-corrected chi connectivity index (χ0v) is 16.2. The van der Waals surface area contributed by atoms with Crippen LogP contribution in [0.1, 0.15) is 44.3 Å². The Morgan fingerprint density at radius 2 is 1.37 bits per heavy atom. The largest absolute Gasteiger partial charge is 0.326 e. The van der Waals surface area contributed by atoms with Gasteiger partial charge in [-0.1, -0.05) is 48.5 Å². The van der Waals surface area contributed by atoms with E-state index < -0.39 is 0 Å². The molecule has 2 N–H and O–H groups in total. The van der Waals surface area contributed by atoms with Gasteiger partial charge in [-0.2, -0.15) is 0 Å². The topological polar surface area (TPSA) is 92.3 Å². The minimum atomic E-state index is -0.310. The SMILES string of the molecule is CC(=O)Nc1ccc(CC(=O)Nc2cccc3c2C(=O)c2ccccc2C3=O)cc1. The second-order valence-corrected chi connectivity index (χ2v) is 7.04. The third-order valence-corrected chi connectivity index (χ3v) is 4.87. The predicted octanol–water partition coefficient (Wildman–Crippen LogP) is 3.60. The Labute approximate surface area is 172 Å². The average Bonchev–Trinajstić information content (AvgIpc) is 2.73. The highest BCUT2D eigenvalue weighted by molar-refractivity contribution is 6.30. The number of rotatable bonds is 4. The summed E-state index contributed by atoms with van der Waals surface area (Å²) < 4.78 is 0. The number of carbonyl (C=O) groups is 4. The standard InChI is InChI=1S/C24H18N2O4/c1-14(27)25-16-11-9-15(10-12-16)13-21(28)26-20-8-4-7-19-22(20)24(30)18-6-3-2-5-17(18)23(19)29/h2-12H,13H2,1H3,(H,25,27)(H,26,28). The maximum absolute atomic E-state index is 13.0. The van der Waals surface area contributed by atoms with Crippen molar-refractivity contribution in [1.29, 1.82) is 0 Å². The number of hydrogen-bond acceptors (Lipinski definition) is 4. The van der Waals surface area contributed by atoms with Crippen LogP contribution < -0.4 is 10.6 Å². The van der Waals surface area contributed by atoms with Crippen LogP contribution in [0.5, 0.6) is 0 Å². The summed E-state index contributed by atoms with van der Waals surface area (Å²) in [7, 11) is 0. The van der Waals surface area contributed by atoms with Gasteiger partial charge in [0, 0.05) is 29.3 Å². The molecule has 0 bridgehead atoms. The lowest BCUT2D eigenvalue weighted by Crippen LogP contribution is -2.24. The summed E-state index contributed by atoms with van der Waals surface area (Å²) in [4.78, 5) is 49.5. The Balaban J connectivity index is 1.56. The molecule has 30 heavy (non-hydrogen) atoms. The minimum Gasteiger partial charge on any atom is -0.326 e. The van der Waals surface area contributed by atoms with E-state index >= 15 is 0 Å². The second kappa shape index (κ2) is 7.75. The first kappa shape index (κ1) is 19.3. The van der Waals surface area contributed by atoms with Crippen molar-refractivity contribution < 1.29 is 19.2 Å². The number of anilines is 2. The van der Waals surface area contributed by atoms with Crippen molar-refractivity contribution in [2.24, 2.45) is 0 Å². The molecule has 0 spiro atoms. The van der Waals surface area contributed by atoms with E-state index in [1.54, 1.807) is 66.7 Å². The molecule has 148 valence electrons. The van der Waals surface area contributed by atoms with E-state index in [-0.39, 0.29) is 40.9 Å². The summed E-state index contributed by atoms with van der Waals surface area (Å²) in [6.45, 7) is 1.42. The van der Waals surface area contributed by atoms with Crippen LogP contribution in [0.25, 0.3) is 0 Å². The first-order valence-electron chi connectivity index (χ1n) is 9.42. The number of benzene rings is 3. The number of hydrogen-bond donors (Lipinski definition) is 2. The summed E-state index contributed by atoms with van der Waals surface area (Å²) in [5.41, 5.74) is 2.93. The molecule has 0 heterocycles. The molecule has 6 nitrogen and oxygen atoms in total. The zero-order chi connectivity index (χ0) is 21.3. The highest BCUT2D eigenvalue weighted by Crippen LogP contribution is 2.32. The van der Waals surface area contributed by atoms with Crippen LogP contribution in [0.2, 0.25) is 0 Å². The fourth-order valence-corrected chi connectivity index (χ4v) is 3.54. The molecule has 3 aromatic carbocycles. The Hall–Kier alpha value is -4.06. The van der Waals surface area contributed by atoms with Gasteiger partial charge >= 0.3 is 0 Å².